The van der Waals surface area contributed by atoms with Gasteiger partial charge < -0.3 is 10.5 Å². The quantitative estimate of drug-likeness (QED) is 0.787. The number of hydrogen-bond donors (Lipinski definition) is 1. The largest absolute Gasteiger partial charge is 0.481 e. The molecule has 0 spiro atoms. The average Bonchev–Trinajstić information content (AvgIpc) is 2.77. The van der Waals surface area contributed by atoms with Crippen LogP contribution in [0.3, 0.4) is 0 Å². The van der Waals surface area contributed by atoms with Gasteiger partial charge in [-0.25, -0.2) is 4.98 Å². The number of nitrogen functional groups attached to an aromatic ring is 1. The van der Waals surface area contributed by atoms with Gasteiger partial charge in [0.05, 0.1) is 12.8 Å². The second-order valence-electron chi connectivity index (χ2n) is 4.39. The maximum atomic E-state index is 6.17. The van der Waals surface area contributed by atoms with Crippen LogP contribution >= 0.6 is 11.6 Å². The Bertz CT molecular complexity index is 797. The maximum Gasteiger partial charge on any atom is 0.215 e. The fourth-order valence-electron chi connectivity index (χ4n) is 2.15. The van der Waals surface area contributed by atoms with Crippen LogP contribution in [0.25, 0.3) is 16.9 Å². The zero-order valence-corrected chi connectivity index (χ0v) is 11.8. The van der Waals surface area contributed by atoms with Crippen molar-refractivity contribution < 1.29 is 4.74 Å². The summed E-state index contributed by atoms with van der Waals surface area (Å²) in [7, 11) is 1.57. The smallest absolute Gasteiger partial charge is 0.215 e. The van der Waals surface area contributed by atoms with Gasteiger partial charge in [0.15, 0.2) is 5.65 Å². The molecule has 0 aliphatic heterocycles. The highest BCUT2D eigenvalue weighted by Gasteiger charge is 2.14. The van der Waals surface area contributed by atoms with Crippen molar-refractivity contribution >= 4 is 28.7 Å². The molecule has 2 N–H and O–H groups in total. The maximum absolute atomic E-state index is 6.17. The molecule has 2 heterocycles. The Morgan fingerprint density at radius 1 is 1.20 bits per heavy atom. The van der Waals surface area contributed by atoms with Gasteiger partial charge in [-0.15, -0.1) is 0 Å². The molecule has 2 aromatic heterocycles. The fraction of sp³-hybridized carbons (Fsp3) is 0.143. The first kappa shape index (κ1) is 12.7. The number of hydrogen-bond acceptors (Lipinski definition) is 4. The van der Waals surface area contributed by atoms with Crippen molar-refractivity contribution in [2.45, 2.75) is 6.92 Å². The van der Waals surface area contributed by atoms with E-state index in [0.29, 0.717) is 28.0 Å². The van der Waals surface area contributed by atoms with Crippen LogP contribution in [-0.2, 0) is 0 Å². The van der Waals surface area contributed by atoms with E-state index in [1.807, 2.05) is 31.2 Å². The zero-order valence-electron chi connectivity index (χ0n) is 11.1. The summed E-state index contributed by atoms with van der Waals surface area (Å²) in [5.74, 6) is 0.879. The summed E-state index contributed by atoms with van der Waals surface area (Å²) in [4.78, 5) is 8.73. The van der Waals surface area contributed by atoms with Crippen LogP contribution in [0.1, 0.15) is 5.56 Å². The normalized spacial score (nSPS) is 10.9. The van der Waals surface area contributed by atoms with Crippen LogP contribution in [0, 0.1) is 6.92 Å². The Kier molecular flexibility index (Phi) is 2.99. The van der Waals surface area contributed by atoms with E-state index in [0.717, 1.165) is 11.3 Å². The third kappa shape index (κ3) is 1.87. The summed E-state index contributed by atoms with van der Waals surface area (Å²) in [5, 5.41) is 0.673. The molecule has 5 nitrogen and oxygen atoms in total. The Labute approximate surface area is 121 Å². The van der Waals surface area contributed by atoms with Gasteiger partial charge in [0, 0.05) is 11.1 Å². The van der Waals surface area contributed by atoms with E-state index < -0.39 is 0 Å². The van der Waals surface area contributed by atoms with E-state index in [9.17, 15) is 0 Å². The van der Waals surface area contributed by atoms with E-state index in [2.05, 4.69) is 9.97 Å². The van der Waals surface area contributed by atoms with E-state index in [1.165, 1.54) is 0 Å². The molecule has 0 fully saturated rings. The van der Waals surface area contributed by atoms with Crippen molar-refractivity contribution in [1.29, 1.82) is 0 Å². The SMILES string of the molecule is COc1ccc2nc(N)n(-c3cccc(Cl)c3C)c2n1. The highest BCUT2D eigenvalue weighted by atomic mass is 35.5. The lowest BCUT2D eigenvalue weighted by Crippen LogP contribution is -2.03. The van der Waals surface area contributed by atoms with Crippen molar-refractivity contribution in [3.8, 4) is 11.6 Å². The number of nitrogens with zero attached hydrogens (tertiary/aromatic N) is 3. The molecular weight excluding hydrogens is 276 g/mol. The van der Waals surface area contributed by atoms with Gasteiger partial charge in [-0.3, -0.25) is 4.57 Å². The lowest BCUT2D eigenvalue weighted by molar-refractivity contribution is 0.399. The van der Waals surface area contributed by atoms with Gasteiger partial charge in [-0.1, -0.05) is 17.7 Å². The van der Waals surface area contributed by atoms with Crippen LogP contribution in [0.2, 0.25) is 5.02 Å². The molecule has 1 aromatic carbocycles. The van der Waals surface area contributed by atoms with Gasteiger partial charge >= 0.3 is 0 Å². The number of methoxy groups -OCH3 is 1. The molecule has 0 saturated heterocycles. The Balaban J connectivity index is 2.35. The van der Waals surface area contributed by atoms with Crippen molar-refractivity contribution in [3.05, 3.63) is 40.9 Å². The van der Waals surface area contributed by atoms with Gasteiger partial charge in [-0.2, -0.15) is 4.98 Å². The third-order valence-electron chi connectivity index (χ3n) is 3.19. The van der Waals surface area contributed by atoms with Crippen LogP contribution in [0.5, 0.6) is 5.88 Å². The molecule has 20 heavy (non-hydrogen) atoms. The summed E-state index contributed by atoms with van der Waals surface area (Å²) < 4.78 is 6.93. The number of rotatable bonds is 2. The van der Waals surface area contributed by atoms with Crippen molar-refractivity contribution in [2.24, 2.45) is 0 Å². The lowest BCUT2D eigenvalue weighted by Gasteiger charge is -2.10. The predicted octanol–water partition coefficient (Wildman–Crippen LogP) is 2.97. The minimum Gasteiger partial charge on any atom is -0.481 e. The molecule has 0 radical (unpaired) electrons. The summed E-state index contributed by atoms with van der Waals surface area (Å²) in [6, 6.07) is 9.22. The van der Waals surface area contributed by atoms with Crippen LogP contribution in [-0.4, -0.2) is 21.6 Å². The van der Waals surface area contributed by atoms with Gasteiger partial charge in [-0.05, 0) is 30.7 Å². The van der Waals surface area contributed by atoms with Crippen LogP contribution in [0.4, 0.5) is 5.95 Å². The van der Waals surface area contributed by atoms with Crippen molar-refractivity contribution in [2.75, 3.05) is 12.8 Å². The molecule has 0 aliphatic rings. The van der Waals surface area contributed by atoms with E-state index in [-0.39, 0.29) is 0 Å². The van der Waals surface area contributed by atoms with Gasteiger partial charge in [0.25, 0.3) is 0 Å². The number of anilines is 1. The molecule has 0 unspecified atom stereocenters. The molecule has 0 saturated carbocycles. The number of benzene rings is 1. The second kappa shape index (κ2) is 4.68. The third-order valence-corrected chi connectivity index (χ3v) is 3.60. The monoisotopic (exact) mass is 288 g/mol. The number of fused-ring (bicyclic) bond motifs is 1. The topological polar surface area (TPSA) is 66.0 Å². The summed E-state index contributed by atoms with van der Waals surface area (Å²) in [6.45, 7) is 1.93. The van der Waals surface area contributed by atoms with Gasteiger partial charge in [0.1, 0.15) is 5.52 Å². The Morgan fingerprint density at radius 3 is 2.75 bits per heavy atom. The first-order chi connectivity index (χ1) is 9.61. The summed E-state index contributed by atoms with van der Waals surface area (Å²) in [5.41, 5.74) is 9.16. The molecule has 3 aromatic rings. The highest BCUT2D eigenvalue weighted by molar-refractivity contribution is 6.31. The highest BCUT2D eigenvalue weighted by Crippen LogP contribution is 2.28. The number of imidazole rings is 1. The summed E-state index contributed by atoms with van der Waals surface area (Å²) >= 11 is 6.17. The van der Waals surface area contributed by atoms with Crippen molar-refractivity contribution in [1.82, 2.24) is 14.5 Å². The molecule has 0 amide bonds. The lowest BCUT2D eigenvalue weighted by atomic mass is 10.2. The van der Waals surface area contributed by atoms with E-state index >= 15 is 0 Å². The number of halogens is 1. The fourth-order valence-corrected chi connectivity index (χ4v) is 2.32. The first-order valence-electron chi connectivity index (χ1n) is 6.06. The van der Waals surface area contributed by atoms with E-state index in [1.54, 1.807) is 17.7 Å². The zero-order chi connectivity index (χ0) is 14.3. The number of nitrogens with two attached hydrogens (primary N) is 1. The number of aromatic nitrogens is 3. The molecule has 102 valence electrons. The first-order valence-corrected chi connectivity index (χ1v) is 6.44. The number of pyridine rings is 1. The average molecular weight is 289 g/mol. The molecule has 3 rings (SSSR count). The molecule has 0 aliphatic carbocycles. The minimum absolute atomic E-state index is 0.367. The molecule has 6 heteroatoms. The molecular formula is C14H13ClN4O. The summed E-state index contributed by atoms with van der Waals surface area (Å²) in [6.07, 6.45) is 0. The number of ether oxygens (including phenoxy) is 1. The minimum atomic E-state index is 0.367. The van der Waals surface area contributed by atoms with Crippen molar-refractivity contribution in [3.63, 3.8) is 0 Å². The Morgan fingerprint density at radius 2 is 2.00 bits per heavy atom. The standard InChI is InChI=1S/C14H13ClN4O/c1-8-9(15)4-3-5-11(8)19-13-10(17-14(19)16)6-7-12(18-13)20-2/h3-7H,1-2H3,(H2,16,17). The molecule has 0 bridgehead atoms. The van der Waals surface area contributed by atoms with Crippen LogP contribution in [0.15, 0.2) is 30.3 Å². The Hall–Kier alpha value is -2.27. The second-order valence-corrected chi connectivity index (χ2v) is 4.79. The van der Waals surface area contributed by atoms with Gasteiger partial charge in [0.2, 0.25) is 11.8 Å². The van der Waals surface area contributed by atoms with E-state index in [4.69, 9.17) is 22.1 Å². The molecule has 0 atom stereocenters. The predicted molar refractivity (Wildman–Crippen MR) is 79.6 cm³/mol. The van der Waals surface area contributed by atoms with Crippen LogP contribution < -0.4 is 10.5 Å².